The topological polar surface area (TPSA) is 86.2 Å². The normalized spacial score (nSPS) is 10.7. The molecular weight excluding hydrogens is 479 g/mol. The molecular formula is C25H22Cl2N2O5. The molecule has 0 atom stereocenters. The first-order valence-electron chi connectivity index (χ1n) is 10.1. The lowest BCUT2D eigenvalue weighted by atomic mass is 10.1. The largest absolute Gasteiger partial charge is 0.493 e. The minimum absolute atomic E-state index is 0.171. The third kappa shape index (κ3) is 6.97. The molecule has 0 unspecified atom stereocenters. The van der Waals surface area contributed by atoms with E-state index in [1.165, 1.54) is 25.5 Å². The summed E-state index contributed by atoms with van der Waals surface area (Å²) in [5.74, 6) is 0.0463. The van der Waals surface area contributed by atoms with Crippen LogP contribution in [0.4, 0.5) is 0 Å². The van der Waals surface area contributed by atoms with Crippen LogP contribution in [0.2, 0.25) is 10.0 Å². The van der Waals surface area contributed by atoms with Gasteiger partial charge in [-0.2, -0.15) is 5.10 Å². The molecule has 1 amide bonds. The van der Waals surface area contributed by atoms with E-state index in [4.69, 9.17) is 37.4 Å². The summed E-state index contributed by atoms with van der Waals surface area (Å²) in [4.78, 5) is 24.5. The first-order valence-corrected chi connectivity index (χ1v) is 10.9. The zero-order chi connectivity index (χ0) is 24.7. The molecule has 0 heterocycles. The second-order valence-electron chi connectivity index (χ2n) is 7.33. The summed E-state index contributed by atoms with van der Waals surface area (Å²) in [6, 6.07) is 15.0. The SMILES string of the molecule is COc1cc(/C=N\NC(=O)COc2cc(C)cc(C)c2)ccc1OC(=O)c1ccc(Cl)cc1Cl. The van der Waals surface area contributed by atoms with E-state index in [0.717, 1.165) is 11.1 Å². The molecule has 9 heteroatoms. The Kier molecular flexibility index (Phi) is 8.51. The number of hydrazone groups is 1. The average molecular weight is 501 g/mol. The molecule has 3 aromatic carbocycles. The maximum absolute atomic E-state index is 12.5. The third-order valence-electron chi connectivity index (χ3n) is 4.51. The number of aryl methyl sites for hydroxylation is 2. The smallest absolute Gasteiger partial charge is 0.345 e. The molecule has 0 saturated heterocycles. The number of nitrogens with one attached hydrogen (secondary N) is 1. The first kappa shape index (κ1) is 25.1. The van der Waals surface area contributed by atoms with Crippen molar-refractivity contribution in [2.75, 3.05) is 13.7 Å². The van der Waals surface area contributed by atoms with Gasteiger partial charge in [0.25, 0.3) is 5.91 Å². The number of nitrogens with zero attached hydrogens (tertiary/aromatic N) is 1. The van der Waals surface area contributed by atoms with Crippen LogP contribution in [0.1, 0.15) is 27.0 Å². The lowest BCUT2D eigenvalue weighted by molar-refractivity contribution is -0.123. The number of carbonyl (C=O) groups excluding carboxylic acids is 2. The maximum atomic E-state index is 12.5. The Bertz CT molecular complexity index is 1220. The molecule has 0 radical (unpaired) electrons. The Hall–Kier alpha value is -3.55. The quantitative estimate of drug-likeness (QED) is 0.194. The molecule has 3 rings (SSSR count). The Morgan fingerprint density at radius 2 is 1.71 bits per heavy atom. The number of carbonyl (C=O) groups is 2. The number of rotatable bonds is 8. The lowest BCUT2D eigenvalue weighted by Gasteiger charge is -2.11. The second-order valence-corrected chi connectivity index (χ2v) is 8.17. The summed E-state index contributed by atoms with van der Waals surface area (Å²) < 4.78 is 16.2. The van der Waals surface area contributed by atoms with Crippen LogP contribution in [0.3, 0.4) is 0 Å². The van der Waals surface area contributed by atoms with Gasteiger partial charge in [-0.25, -0.2) is 10.2 Å². The van der Waals surface area contributed by atoms with E-state index < -0.39 is 11.9 Å². The highest BCUT2D eigenvalue weighted by molar-refractivity contribution is 6.36. The number of hydrogen-bond acceptors (Lipinski definition) is 6. The molecule has 34 heavy (non-hydrogen) atoms. The number of esters is 1. The number of ether oxygens (including phenoxy) is 3. The van der Waals surface area contributed by atoms with Crippen molar-refractivity contribution in [2.45, 2.75) is 13.8 Å². The first-order chi connectivity index (χ1) is 16.2. The monoisotopic (exact) mass is 500 g/mol. The fourth-order valence-electron chi connectivity index (χ4n) is 3.03. The molecule has 0 aliphatic rings. The van der Waals surface area contributed by atoms with E-state index in [9.17, 15) is 9.59 Å². The minimum Gasteiger partial charge on any atom is -0.493 e. The van der Waals surface area contributed by atoms with Crippen molar-refractivity contribution < 1.29 is 23.8 Å². The number of hydrogen-bond donors (Lipinski definition) is 1. The molecule has 1 N–H and O–H groups in total. The fraction of sp³-hybridized carbons (Fsp3) is 0.160. The zero-order valence-electron chi connectivity index (χ0n) is 18.7. The maximum Gasteiger partial charge on any atom is 0.345 e. The van der Waals surface area contributed by atoms with Gasteiger partial charge in [-0.05, 0) is 79.1 Å². The van der Waals surface area contributed by atoms with Crippen molar-refractivity contribution in [1.82, 2.24) is 5.43 Å². The highest BCUT2D eigenvalue weighted by Gasteiger charge is 2.16. The molecule has 176 valence electrons. The Labute approximate surface area is 207 Å². The predicted octanol–water partition coefficient (Wildman–Crippen LogP) is 5.37. The molecule has 0 spiro atoms. The van der Waals surface area contributed by atoms with Crippen LogP contribution in [-0.2, 0) is 4.79 Å². The van der Waals surface area contributed by atoms with Gasteiger partial charge in [0, 0.05) is 5.02 Å². The molecule has 0 fully saturated rings. The van der Waals surface area contributed by atoms with E-state index in [-0.39, 0.29) is 22.9 Å². The van der Waals surface area contributed by atoms with Gasteiger partial charge in [0.2, 0.25) is 0 Å². The van der Waals surface area contributed by atoms with Gasteiger partial charge < -0.3 is 14.2 Å². The van der Waals surface area contributed by atoms with Gasteiger partial charge in [-0.15, -0.1) is 0 Å². The Morgan fingerprint density at radius 3 is 2.38 bits per heavy atom. The number of amides is 1. The number of methoxy groups -OCH3 is 1. The van der Waals surface area contributed by atoms with E-state index in [1.54, 1.807) is 24.3 Å². The van der Waals surface area contributed by atoms with Gasteiger partial charge >= 0.3 is 5.97 Å². The fourth-order valence-corrected chi connectivity index (χ4v) is 3.52. The average Bonchev–Trinajstić information content (AvgIpc) is 2.78. The number of halogens is 2. The van der Waals surface area contributed by atoms with Gasteiger partial charge in [0.15, 0.2) is 18.1 Å². The van der Waals surface area contributed by atoms with Crippen molar-refractivity contribution in [3.8, 4) is 17.2 Å². The zero-order valence-corrected chi connectivity index (χ0v) is 20.2. The van der Waals surface area contributed by atoms with Crippen molar-refractivity contribution in [1.29, 1.82) is 0 Å². The van der Waals surface area contributed by atoms with Gasteiger partial charge in [-0.1, -0.05) is 29.3 Å². The van der Waals surface area contributed by atoms with Gasteiger partial charge in [0.05, 0.1) is 23.9 Å². The third-order valence-corrected chi connectivity index (χ3v) is 5.06. The summed E-state index contributed by atoms with van der Waals surface area (Å²) in [5.41, 5.74) is 5.28. The van der Waals surface area contributed by atoms with Crippen LogP contribution in [-0.4, -0.2) is 31.8 Å². The van der Waals surface area contributed by atoms with E-state index in [0.29, 0.717) is 22.1 Å². The highest BCUT2D eigenvalue weighted by atomic mass is 35.5. The van der Waals surface area contributed by atoms with Crippen LogP contribution in [0.5, 0.6) is 17.2 Å². The predicted molar refractivity (Wildman–Crippen MR) is 132 cm³/mol. The number of benzene rings is 3. The van der Waals surface area contributed by atoms with E-state index in [2.05, 4.69) is 10.5 Å². The summed E-state index contributed by atoms with van der Waals surface area (Å²) >= 11 is 11.9. The van der Waals surface area contributed by atoms with Crippen LogP contribution in [0.25, 0.3) is 0 Å². The summed E-state index contributed by atoms with van der Waals surface area (Å²) in [6.07, 6.45) is 1.43. The summed E-state index contributed by atoms with van der Waals surface area (Å²) in [5, 5.41) is 4.51. The van der Waals surface area contributed by atoms with Crippen LogP contribution in [0.15, 0.2) is 59.7 Å². The van der Waals surface area contributed by atoms with Crippen LogP contribution in [0, 0.1) is 13.8 Å². The Morgan fingerprint density at radius 1 is 0.971 bits per heavy atom. The summed E-state index contributed by atoms with van der Waals surface area (Å²) in [7, 11) is 1.44. The second kappa shape index (κ2) is 11.5. The van der Waals surface area contributed by atoms with E-state index in [1.807, 2.05) is 32.0 Å². The van der Waals surface area contributed by atoms with Gasteiger partial charge in [0.1, 0.15) is 5.75 Å². The molecule has 3 aromatic rings. The summed E-state index contributed by atoms with van der Waals surface area (Å²) in [6.45, 7) is 3.74. The standard InChI is InChI=1S/C25H22Cl2N2O5/c1-15-8-16(2)10-19(9-15)33-14-24(30)29-28-13-17-4-7-22(23(11-17)32-3)34-25(31)20-6-5-18(26)12-21(20)27/h4-13H,14H2,1-3H3,(H,29,30)/b28-13-. The van der Waals surface area contributed by atoms with E-state index >= 15 is 0 Å². The van der Waals surface area contributed by atoms with Crippen LogP contribution >= 0.6 is 23.2 Å². The molecule has 0 bridgehead atoms. The van der Waals surface area contributed by atoms with Crippen molar-refractivity contribution in [3.63, 3.8) is 0 Å². The molecule has 0 aromatic heterocycles. The lowest BCUT2D eigenvalue weighted by Crippen LogP contribution is -2.24. The van der Waals surface area contributed by atoms with Gasteiger partial charge in [-0.3, -0.25) is 4.79 Å². The molecule has 7 nitrogen and oxygen atoms in total. The molecule has 0 aliphatic heterocycles. The Balaban J connectivity index is 1.59. The van der Waals surface area contributed by atoms with Crippen LogP contribution < -0.4 is 19.6 Å². The van der Waals surface area contributed by atoms with Crippen molar-refractivity contribution in [3.05, 3.63) is 86.9 Å². The highest BCUT2D eigenvalue weighted by Crippen LogP contribution is 2.30. The van der Waals surface area contributed by atoms with Crippen molar-refractivity contribution >= 4 is 41.3 Å². The minimum atomic E-state index is -0.655. The molecule has 0 aliphatic carbocycles. The molecule has 0 saturated carbocycles. The van der Waals surface area contributed by atoms with Crippen molar-refractivity contribution in [2.24, 2.45) is 5.10 Å².